The third kappa shape index (κ3) is 3.77. The van der Waals surface area contributed by atoms with Crippen LogP contribution in [-0.4, -0.2) is 86.4 Å². The van der Waals surface area contributed by atoms with Crippen LogP contribution in [0.4, 0.5) is 4.39 Å². The van der Waals surface area contributed by atoms with Crippen LogP contribution in [0.25, 0.3) is 0 Å². The molecule has 3 N–H and O–H groups in total. The molecule has 4 aliphatic rings. The zero-order valence-corrected chi connectivity index (χ0v) is 15.6. The molecular weight excluding hydrogens is 335 g/mol. The number of nitrogens with zero attached hydrogens (tertiary/aromatic N) is 2. The van der Waals surface area contributed by atoms with Gasteiger partial charge < -0.3 is 20.7 Å². The quantitative estimate of drug-likeness (QED) is 0.746. The van der Waals surface area contributed by atoms with E-state index in [9.17, 15) is 9.18 Å². The number of piperazine rings is 1. The number of ether oxygens (including phenoxy) is 1. The highest BCUT2D eigenvalue weighted by Crippen LogP contribution is 2.39. The van der Waals surface area contributed by atoms with Crippen molar-refractivity contribution in [2.24, 2.45) is 23.5 Å². The number of hydrogen-bond donors (Lipinski definition) is 2. The molecule has 0 aromatic carbocycles. The van der Waals surface area contributed by atoms with Crippen molar-refractivity contribution in [2.45, 2.75) is 43.9 Å². The Bertz CT molecular complexity index is 496. The first-order valence-corrected chi connectivity index (χ1v) is 10.3. The first kappa shape index (κ1) is 18.6. The maximum Gasteiger partial charge on any atom is 0.225 e. The number of nitrogens with two attached hydrogens (primary N) is 1. The lowest BCUT2D eigenvalue weighted by Crippen LogP contribution is -2.58. The third-order valence-electron chi connectivity index (χ3n) is 7.07. The number of rotatable bonds is 3. The van der Waals surface area contributed by atoms with E-state index in [0.717, 1.165) is 71.7 Å². The molecule has 0 bridgehead atoms. The van der Waals surface area contributed by atoms with Crippen LogP contribution >= 0.6 is 0 Å². The molecule has 3 aliphatic heterocycles. The highest BCUT2D eigenvalue weighted by Gasteiger charge is 2.42. The predicted molar refractivity (Wildman–Crippen MR) is 97.4 cm³/mol. The number of amides is 1. The zero-order valence-electron chi connectivity index (χ0n) is 15.6. The fraction of sp³-hybridized carbons (Fsp3) is 0.947. The molecule has 0 aromatic rings. The van der Waals surface area contributed by atoms with E-state index in [1.807, 2.05) is 4.90 Å². The van der Waals surface area contributed by atoms with Gasteiger partial charge in [0.05, 0.1) is 19.3 Å². The summed E-state index contributed by atoms with van der Waals surface area (Å²) in [7, 11) is 0. The third-order valence-corrected chi connectivity index (χ3v) is 7.07. The molecule has 1 aliphatic carbocycles. The van der Waals surface area contributed by atoms with Crippen molar-refractivity contribution < 1.29 is 13.9 Å². The van der Waals surface area contributed by atoms with E-state index in [0.29, 0.717) is 12.5 Å². The molecular formula is C19H33FN4O2. The summed E-state index contributed by atoms with van der Waals surface area (Å²) in [5.41, 5.74) is 6.22. The van der Waals surface area contributed by atoms with Gasteiger partial charge in [0, 0.05) is 44.7 Å². The number of hydrogen-bond acceptors (Lipinski definition) is 5. The Morgan fingerprint density at radius 3 is 2.46 bits per heavy atom. The van der Waals surface area contributed by atoms with E-state index in [4.69, 9.17) is 10.5 Å². The van der Waals surface area contributed by atoms with Gasteiger partial charge in [-0.05, 0) is 44.1 Å². The van der Waals surface area contributed by atoms with Crippen molar-refractivity contribution in [2.75, 3.05) is 52.5 Å². The molecule has 3 heterocycles. The Morgan fingerprint density at radius 1 is 1.08 bits per heavy atom. The van der Waals surface area contributed by atoms with Crippen LogP contribution in [0, 0.1) is 17.8 Å². The van der Waals surface area contributed by atoms with Crippen molar-refractivity contribution in [3.8, 4) is 0 Å². The number of piperidine rings is 1. The molecule has 148 valence electrons. The Labute approximate surface area is 155 Å². The lowest BCUT2D eigenvalue weighted by atomic mass is 9.70. The molecule has 0 radical (unpaired) electrons. The van der Waals surface area contributed by atoms with Gasteiger partial charge in [-0.1, -0.05) is 0 Å². The van der Waals surface area contributed by atoms with Gasteiger partial charge in [-0.3, -0.25) is 9.69 Å². The highest BCUT2D eigenvalue weighted by atomic mass is 19.1. The Balaban J connectivity index is 1.27. The largest absolute Gasteiger partial charge is 0.378 e. The second-order valence-electron chi connectivity index (χ2n) is 8.56. The SMILES string of the molecule is NC1CNCCC1C1CCC(C(=O)N2CCN(C3COC3)CC2)CC1F. The van der Waals surface area contributed by atoms with Crippen LogP contribution < -0.4 is 11.1 Å². The second-order valence-corrected chi connectivity index (χ2v) is 8.56. The number of halogens is 1. The van der Waals surface area contributed by atoms with Gasteiger partial charge in [0.1, 0.15) is 6.17 Å². The van der Waals surface area contributed by atoms with E-state index in [-0.39, 0.29) is 29.7 Å². The molecule has 0 spiro atoms. The van der Waals surface area contributed by atoms with Crippen molar-refractivity contribution in [3.63, 3.8) is 0 Å². The minimum atomic E-state index is -0.889. The molecule has 4 fully saturated rings. The maximum atomic E-state index is 14.9. The average Bonchev–Trinajstić information content (AvgIpc) is 2.61. The van der Waals surface area contributed by atoms with Crippen LogP contribution in [0.1, 0.15) is 25.7 Å². The first-order valence-electron chi connectivity index (χ1n) is 10.3. The topological polar surface area (TPSA) is 70.8 Å². The molecule has 26 heavy (non-hydrogen) atoms. The lowest BCUT2D eigenvalue weighted by molar-refractivity contribution is -0.142. The van der Waals surface area contributed by atoms with E-state index in [1.165, 1.54) is 0 Å². The summed E-state index contributed by atoms with van der Waals surface area (Å²) in [6, 6.07) is 0.579. The summed E-state index contributed by atoms with van der Waals surface area (Å²) in [5, 5.41) is 3.29. The molecule has 5 unspecified atom stereocenters. The van der Waals surface area contributed by atoms with E-state index in [2.05, 4.69) is 10.2 Å². The molecule has 6 nitrogen and oxygen atoms in total. The molecule has 1 saturated carbocycles. The molecule has 4 rings (SSSR count). The Kier molecular flexibility index (Phi) is 5.78. The standard InChI is InChI=1S/C19H33FN4O2/c20-17-9-13(1-2-15(17)16-3-4-22-10-18(16)21)19(25)24-7-5-23(6-8-24)14-11-26-12-14/h13-18,22H,1-12,21H2. The molecule has 0 aromatic heterocycles. The van der Waals surface area contributed by atoms with Crippen molar-refractivity contribution in [1.82, 2.24) is 15.1 Å². The molecule has 5 atom stereocenters. The Hall–Kier alpha value is -0.760. The lowest BCUT2D eigenvalue weighted by Gasteiger charge is -2.44. The van der Waals surface area contributed by atoms with Gasteiger partial charge in [0.25, 0.3) is 0 Å². The maximum absolute atomic E-state index is 14.9. The number of alkyl halides is 1. The summed E-state index contributed by atoms with van der Waals surface area (Å²) < 4.78 is 20.2. The van der Waals surface area contributed by atoms with Crippen molar-refractivity contribution in [3.05, 3.63) is 0 Å². The van der Waals surface area contributed by atoms with Gasteiger partial charge in [0.15, 0.2) is 0 Å². The summed E-state index contributed by atoms with van der Waals surface area (Å²) in [6.45, 7) is 6.72. The summed E-state index contributed by atoms with van der Waals surface area (Å²) in [4.78, 5) is 17.3. The fourth-order valence-corrected chi connectivity index (χ4v) is 5.28. The Morgan fingerprint density at radius 2 is 1.85 bits per heavy atom. The minimum Gasteiger partial charge on any atom is -0.378 e. The van der Waals surface area contributed by atoms with E-state index < -0.39 is 6.17 Å². The number of nitrogens with one attached hydrogen (secondary N) is 1. The van der Waals surface area contributed by atoms with Gasteiger partial charge in [-0.15, -0.1) is 0 Å². The predicted octanol–water partition coefficient (Wildman–Crippen LogP) is 0.221. The summed E-state index contributed by atoms with van der Waals surface area (Å²) in [5.74, 6) is 0.324. The van der Waals surface area contributed by atoms with Gasteiger partial charge in [-0.25, -0.2) is 4.39 Å². The van der Waals surface area contributed by atoms with Crippen LogP contribution in [0.5, 0.6) is 0 Å². The van der Waals surface area contributed by atoms with Gasteiger partial charge in [0.2, 0.25) is 5.91 Å². The molecule has 3 saturated heterocycles. The van der Waals surface area contributed by atoms with Crippen molar-refractivity contribution >= 4 is 5.91 Å². The number of carbonyl (C=O) groups excluding carboxylic acids is 1. The van der Waals surface area contributed by atoms with E-state index >= 15 is 0 Å². The second kappa shape index (κ2) is 8.09. The molecule has 1 amide bonds. The van der Waals surface area contributed by atoms with Gasteiger partial charge >= 0.3 is 0 Å². The van der Waals surface area contributed by atoms with Crippen molar-refractivity contribution in [1.29, 1.82) is 0 Å². The van der Waals surface area contributed by atoms with Crippen LogP contribution in [-0.2, 0) is 9.53 Å². The molecule has 7 heteroatoms. The van der Waals surface area contributed by atoms with Crippen LogP contribution in [0.3, 0.4) is 0 Å². The summed E-state index contributed by atoms with van der Waals surface area (Å²) >= 11 is 0. The minimum absolute atomic E-state index is 0.0339. The van der Waals surface area contributed by atoms with E-state index in [1.54, 1.807) is 0 Å². The van der Waals surface area contributed by atoms with Crippen LogP contribution in [0.15, 0.2) is 0 Å². The monoisotopic (exact) mass is 368 g/mol. The zero-order chi connectivity index (χ0) is 18.1. The van der Waals surface area contributed by atoms with Gasteiger partial charge in [-0.2, -0.15) is 0 Å². The fourth-order valence-electron chi connectivity index (χ4n) is 5.28. The first-order chi connectivity index (χ1) is 12.6. The average molecular weight is 368 g/mol. The van der Waals surface area contributed by atoms with Crippen LogP contribution in [0.2, 0.25) is 0 Å². The summed E-state index contributed by atoms with van der Waals surface area (Å²) in [6.07, 6.45) is 2.07. The highest BCUT2D eigenvalue weighted by molar-refractivity contribution is 5.79. The number of carbonyl (C=O) groups is 1. The normalized spacial score (nSPS) is 40.2. The smallest absolute Gasteiger partial charge is 0.225 e.